The van der Waals surface area contributed by atoms with Crippen LogP contribution in [0.1, 0.15) is 58.9 Å². The summed E-state index contributed by atoms with van der Waals surface area (Å²) in [4.78, 5) is 25.4. The average molecular weight is 474 g/mol. The second-order valence-corrected chi connectivity index (χ2v) is 8.11. The van der Waals surface area contributed by atoms with E-state index >= 15 is 0 Å². The molecule has 2 aromatic carbocycles. The highest BCUT2D eigenvalue weighted by atomic mass is 16.5. The molecule has 8 heteroatoms. The van der Waals surface area contributed by atoms with Gasteiger partial charge in [0.15, 0.2) is 11.6 Å². The lowest BCUT2D eigenvalue weighted by Gasteiger charge is -2.10. The van der Waals surface area contributed by atoms with Crippen molar-refractivity contribution in [1.82, 2.24) is 9.78 Å². The predicted octanol–water partition coefficient (Wildman–Crippen LogP) is 5.60. The van der Waals surface area contributed by atoms with Crippen LogP contribution in [0.25, 0.3) is 5.69 Å². The summed E-state index contributed by atoms with van der Waals surface area (Å²) in [7, 11) is 0. The number of amides is 1. The van der Waals surface area contributed by atoms with Gasteiger partial charge in [0.2, 0.25) is 0 Å². The molecule has 2 heterocycles. The predicted molar refractivity (Wildman–Crippen MR) is 131 cm³/mol. The van der Waals surface area contributed by atoms with Gasteiger partial charge >= 0.3 is 5.97 Å². The highest BCUT2D eigenvalue weighted by molar-refractivity contribution is 6.06. The van der Waals surface area contributed by atoms with E-state index in [1.165, 1.54) is 16.4 Å². The monoisotopic (exact) mass is 473 g/mol. The fourth-order valence-electron chi connectivity index (χ4n) is 3.44. The summed E-state index contributed by atoms with van der Waals surface area (Å²) in [6.07, 6.45) is 1.37. The van der Waals surface area contributed by atoms with E-state index in [1.807, 2.05) is 54.6 Å². The van der Waals surface area contributed by atoms with Gasteiger partial charge in [-0.1, -0.05) is 44.2 Å². The number of carbonyl (C=O) groups is 2. The number of ether oxygens (including phenoxy) is 2. The third-order valence-corrected chi connectivity index (χ3v) is 5.31. The molecule has 35 heavy (non-hydrogen) atoms. The highest BCUT2D eigenvalue weighted by Gasteiger charge is 2.23. The minimum Gasteiger partial charge on any atom is -0.486 e. The minimum atomic E-state index is -0.581. The van der Waals surface area contributed by atoms with Crippen LogP contribution in [0.2, 0.25) is 0 Å². The Bertz CT molecular complexity index is 1290. The lowest BCUT2D eigenvalue weighted by molar-refractivity contribution is 0.0527. The Morgan fingerprint density at radius 2 is 1.77 bits per heavy atom. The Kier molecular flexibility index (Phi) is 7.30. The molecule has 2 aromatic heterocycles. The first kappa shape index (κ1) is 23.8. The molecule has 0 aliphatic carbocycles. The van der Waals surface area contributed by atoms with Crippen molar-refractivity contribution in [1.29, 1.82) is 0 Å². The first-order chi connectivity index (χ1) is 17.0. The Labute approximate surface area is 203 Å². The maximum Gasteiger partial charge on any atom is 0.343 e. The zero-order valence-electron chi connectivity index (χ0n) is 19.9. The lowest BCUT2D eigenvalue weighted by Crippen LogP contribution is -2.17. The van der Waals surface area contributed by atoms with Crippen LogP contribution in [0, 0.1) is 0 Å². The number of furan rings is 1. The molecule has 0 saturated heterocycles. The maximum atomic E-state index is 13.0. The number of hydrogen-bond donors (Lipinski definition) is 1. The number of nitrogens with zero attached hydrogens (tertiary/aromatic N) is 2. The van der Waals surface area contributed by atoms with E-state index in [0.29, 0.717) is 23.1 Å². The zero-order chi connectivity index (χ0) is 24.8. The van der Waals surface area contributed by atoms with Crippen LogP contribution in [0.5, 0.6) is 5.75 Å². The van der Waals surface area contributed by atoms with Crippen molar-refractivity contribution in [2.24, 2.45) is 0 Å². The first-order valence-electron chi connectivity index (χ1n) is 11.4. The topological polar surface area (TPSA) is 95.6 Å². The molecule has 0 atom stereocenters. The molecule has 0 radical (unpaired) electrons. The number of carbonyl (C=O) groups excluding carboxylic acids is 2. The number of esters is 1. The van der Waals surface area contributed by atoms with Gasteiger partial charge in [-0.05, 0) is 54.8 Å². The molecule has 0 aliphatic rings. The van der Waals surface area contributed by atoms with Gasteiger partial charge in [-0.3, -0.25) is 4.79 Å². The van der Waals surface area contributed by atoms with Crippen LogP contribution in [-0.4, -0.2) is 28.3 Å². The van der Waals surface area contributed by atoms with E-state index in [-0.39, 0.29) is 30.4 Å². The van der Waals surface area contributed by atoms with Crippen molar-refractivity contribution in [2.45, 2.75) is 33.3 Å². The summed E-state index contributed by atoms with van der Waals surface area (Å²) >= 11 is 0. The van der Waals surface area contributed by atoms with Crippen LogP contribution in [0.3, 0.4) is 0 Å². The van der Waals surface area contributed by atoms with Crippen LogP contribution < -0.4 is 10.1 Å². The molecule has 1 amide bonds. The standard InChI is InChI=1S/C27H27N3O5/c1-4-33-27(32)23-16-28-30(20-8-6-5-7-9-20)25(23)29-26(31)24-15-14-22(35-24)17-34-21-12-10-19(11-13-21)18(2)3/h5-16,18H,4,17H2,1-3H3,(H,29,31). The number of rotatable bonds is 9. The Morgan fingerprint density at radius 3 is 2.46 bits per heavy atom. The normalized spacial score (nSPS) is 10.9. The van der Waals surface area contributed by atoms with Crippen molar-refractivity contribution in [2.75, 3.05) is 11.9 Å². The third-order valence-electron chi connectivity index (χ3n) is 5.31. The van der Waals surface area contributed by atoms with Crippen LogP contribution in [0.4, 0.5) is 5.82 Å². The number of nitrogens with one attached hydrogen (secondary N) is 1. The average Bonchev–Trinajstić information content (AvgIpc) is 3.51. The van der Waals surface area contributed by atoms with Gasteiger partial charge < -0.3 is 19.2 Å². The summed E-state index contributed by atoms with van der Waals surface area (Å²) in [6.45, 7) is 6.35. The summed E-state index contributed by atoms with van der Waals surface area (Å²) in [5.41, 5.74) is 2.05. The molecular weight excluding hydrogens is 446 g/mol. The van der Waals surface area contributed by atoms with Gasteiger partial charge in [-0.25, -0.2) is 9.48 Å². The Hall–Kier alpha value is -4.33. The Balaban J connectivity index is 1.49. The number of hydrogen-bond acceptors (Lipinski definition) is 6. The molecule has 0 fully saturated rings. The van der Waals surface area contributed by atoms with E-state index in [9.17, 15) is 9.59 Å². The van der Waals surface area contributed by atoms with Gasteiger partial charge in [0.25, 0.3) is 5.91 Å². The Morgan fingerprint density at radius 1 is 1.03 bits per heavy atom. The molecule has 0 aliphatic heterocycles. The third kappa shape index (κ3) is 5.60. The number of aromatic nitrogens is 2. The van der Waals surface area contributed by atoms with Gasteiger partial charge in [-0.2, -0.15) is 5.10 Å². The van der Waals surface area contributed by atoms with Gasteiger partial charge in [0, 0.05) is 0 Å². The number of benzene rings is 2. The molecule has 0 saturated carbocycles. The van der Waals surface area contributed by atoms with Crippen molar-refractivity contribution in [3.63, 3.8) is 0 Å². The fraction of sp³-hybridized carbons (Fsp3) is 0.222. The molecule has 1 N–H and O–H groups in total. The lowest BCUT2D eigenvalue weighted by atomic mass is 10.0. The molecular formula is C27H27N3O5. The van der Waals surface area contributed by atoms with Crippen molar-refractivity contribution >= 4 is 17.7 Å². The summed E-state index contributed by atoms with van der Waals surface area (Å²) in [5, 5.41) is 7.02. The minimum absolute atomic E-state index is 0.0781. The molecule has 0 unspecified atom stereocenters. The van der Waals surface area contributed by atoms with Crippen LogP contribution >= 0.6 is 0 Å². The van der Waals surface area contributed by atoms with Crippen LogP contribution in [0.15, 0.2) is 77.3 Å². The molecule has 4 aromatic rings. The van der Waals surface area contributed by atoms with E-state index in [1.54, 1.807) is 19.1 Å². The van der Waals surface area contributed by atoms with Crippen molar-refractivity contribution in [3.8, 4) is 11.4 Å². The maximum absolute atomic E-state index is 13.0. The van der Waals surface area contributed by atoms with E-state index in [4.69, 9.17) is 13.9 Å². The smallest absolute Gasteiger partial charge is 0.343 e. The summed E-state index contributed by atoms with van der Waals surface area (Å²) in [6, 6.07) is 20.3. The van der Waals surface area contributed by atoms with Crippen molar-refractivity contribution in [3.05, 3.63) is 95.6 Å². The molecule has 8 nitrogen and oxygen atoms in total. The molecule has 4 rings (SSSR count). The number of anilines is 1. The number of para-hydroxylation sites is 1. The largest absolute Gasteiger partial charge is 0.486 e. The van der Waals surface area contributed by atoms with Crippen LogP contribution in [-0.2, 0) is 11.3 Å². The van der Waals surface area contributed by atoms with Gasteiger partial charge in [0.1, 0.15) is 23.7 Å². The quantitative estimate of drug-likeness (QED) is 0.318. The molecule has 0 spiro atoms. The van der Waals surface area contributed by atoms with E-state index in [2.05, 4.69) is 24.3 Å². The highest BCUT2D eigenvalue weighted by Crippen LogP contribution is 2.23. The summed E-state index contributed by atoms with van der Waals surface area (Å²) < 4.78 is 18.1. The second-order valence-electron chi connectivity index (χ2n) is 8.11. The fourth-order valence-corrected chi connectivity index (χ4v) is 3.44. The van der Waals surface area contributed by atoms with E-state index in [0.717, 1.165) is 0 Å². The van der Waals surface area contributed by atoms with Gasteiger partial charge in [0.05, 0.1) is 18.5 Å². The van der Waals surface area contributed by atoms with Crippen molar-refractivity contribution < 1.29 is 23.5 Å². The van der Waals surface area contributed by atoms with Gasteiger partial charge in [-0.15, -0.1) is 0 Å². The second kappa shape index (κ2) is 10.7. The van der Waals surface area contributed by atoms with E-state index < -0.39 is 11.9 Å². The first-order valence-corrected chi connectivity index (χ1v) is 11.4. The summed E-state index contributed by atoms with van der Waals surface area (Å²) in [5.74, 6) is 0.807. The molecule has 180 valence electrons. The molecule has 0 bridgehead atoms. The zero-order valence-corrected chi connectivity index (χ0v) is 19.9. The SMILES string of the molecule is CCOC(=O)c1cnn(-c2ccccc2)c1NC(=O)c1ccc(COc2ccc(C(C)C)cc2)o1.